The minimum atomic E-state index is 0. The van der Waals surface area contributed by atoms with Gasteiger partial charge in [0.25, 0.3) is 0 Å². The molecule has 2 aliphatic heterocycles. The minimum absolute atomic E-state index is 0. The average Bonchev–Trinajstić information content (AvgIpc) is 3.08. The van der Waals surface area contributed by atoms with Crippen LogP contribution in [0.5, 0.6) is 0 Å². The van der Waals surface area contributed by atoms with E-state index in [0.717, 1.165) is 38.9 Å². The van der Waals surface area contributed by atoms with Crippen LogP contribution in [0.15, 0.2) is 30.3 Å². The SMILES string of the molecule is CN(C(=O)CC1CCCN1)C1CCCN(c2ccccc2)C1.Cl.Cl. The van der Waals surface area contributed by atoms with Gasteiger partial charge in [0, 0.05) is 44.3 Å². The van der Waals surface area contributed by atoms with Crippen LogP contribution in [-0.4, -0.2) is 49.6 Å². The summed E-state index contributed by atoms with van der Waals surface area (Å²) < 4.78 is 0. The Labute approximate surface area is 157 Å². The van der Waals surface area contributed by atoms with Gasteiger partial charge >= 0.3 is 0 Å². The molecule has 136 valence electrons. The van der Waals surface area contributed by atoms with Gasteiger partial charge in [-0.25, -0.2) is 0 Å². The summed E-state index contributed by atoms with van der Waals surface area (Å²) in [6.07, 6.45) is 5.26. The smallest absolute Gasteiger partial charge is 0.224 e. The number of hydrogen-bond acceptors (Lipinski definition) is 3. The predicted molar refractivity (Wildman–Crippen MR) is 105 cm³/mol. The van der Waals surface area contributed by atoms with Gasteiger partial charge in [0.2, 0.25) is 5.91 Å². The normalized spacial score (nSPS) is 23.1. The van der Waals surface area contributed by atoms with E-state index in [-0.39, 0.29) is 24.8 Å². The summed E-state index contributed by atoms with van der Waals surface area (Å²) in [4.78, 5) is 16.9. The minimum Gasteiger partial charge on any atom is -0.369 e. The monoisotopic (exact) mass is 373 g/mol. The lowest BCUT2D eigenvalue weighted by Gasteiger charge is -2.39. The van der Waals surface area contributed by atoms with Gasteiger partial charge in [-0.2, -0.15) is 0 Å². The molecule has 0 saturated carbocycles. The maximum Gasteiger partial charge on any atom is 0.224 e. The highest BCUT2D eigenvalue weighted by molar-refractivity contribution is 5.85. The van der Waals surface area contributed by atoms with Crippen LogP contribution < -0.4 is 10.2 Å². The van der Waals surface area contributed by atoms with Crippen molar-refractivity contribution in [2.45, 2.75) is 44.2 Å². The molecule has 0 spiro atoms. The van der Waals surface area contributed by atoms with E-state index in [0.29, 0.717) is 24.4 Å². The quantitative estimate of drug-likeness (QED) is 0.880. The number of para-hydroxylation sites is 1. The first-order valence-corrected chi connectivity index (χ1v) is 8.53. The topological polar surface area (TPSA) is 35.6 Å². The van der Waals surface area contributed by atoms with Crippen molar-refractivity contribution in [3.05, 3.63) is 30.3 Å². The maximum absolute atomic E-state index is 12.5. The van der Waals surface area contributed by atoms with Crippen LogP contribution in [0.25, 0.3) is 0 Å². The summed E-state index contributed by atoms with van der Waals surface area (Å²) in [5.74, 6) is 0.291. The summed E-state index contributed by atoms with van der Waals surface area (Å²) in [6, 6.07) is 11.3. The molecule has 2 saturated heterocycles. The third-order valence-electron chi connectivity index (χ3n) is 5.04. The molecule has 0 aromatic heterocycles. The average molecular weight is 374 g/mol. The summed E-state index contributed by atoms with van der Waals surface area (Å²) in [6.45, 7) is 3.10. The molecular weight excluding hydrogens is 345 g/mol. The van der Waals surface area contributed by atoms with Crippen molar-refractivity contribution < 1.29 is 4.79 Å². The second-order valence-electron chi connectivity index (χ2n) is 6.58. The zero-order valence-corrected chi connectivity index (χ0v) is 16.0. The van der Waals surface area contributed by atoms with E-state index in [4.69, 9.17) is 0 Å². The molecule has 6 heteroatoms. The maximum atomic E-state index is 12.5. The van der Waals surface area contributed by atoms with E-state index >= 15 is 0 Å². The van der Waals surface area contributed by atoms with Crippen molar-refractivity contribution in [2.75, 3.05) is 31.6 Å². The van der Waals surface area contributed by atoms with Gasteiger partial charge in [0.1, 0.15) is 0 Å². The largest absolute Gasteiger partial charge is 0.369 e. The highest BCUT2D eigenvalue weighted by atomic mass is 35.5. The van der Waals surface area contributed by atoms with Gasteiger partial charge < -0.3 is 15.1 Å². The Balaban J connectivity index is 0.00000144. The number of carbonyl (C=O) groups excluding carboxylic acids is 1. The number of anilines is 1. The molecule has 2 unspecified atom stereocenters. The number of nitrogens with one attached hydrogen (secondary N) is 1. The van der Waals surface area contributed by atoms with Gasteiger partial charge in [-0.05, 0) is 44.4 Å². The molecule has 4 nitrogen and oxygen atoms in total. The van der Waals surface area contributed by atoms with Crippen molar-refractivity contribution in [1.29, 1.82) is 0 Å². The number of benzene rings is 1. The third kappa shape index (κ3) is 5.27. The first kappa shape index (κ1) is 21.1. The van der Waals surface area contributed by atoms with Crippen molar-refractivity contribution in [3.8, 4) is 0 Å². The van der Waals surface area contributed by atoms with E-state index in [9.17, 15) is 4.79 Å². The molecular formula is C18H29Cl2N3O. The first-order valence-electron chi connectivity index (χ1n) is 8.53. The number of amides is 1. The van der Waals surface area contributed by atoms with Crippen LogP contribution in [0.1, 0.15) is 32.1 Å². The molecule has 0 aliphatic carbocycles. The van der Waals surface area contributed by atoms with Gasteiger partial charge in [0.05, 0.1) is 0 Å². The molecule has 1 aromatic rings. The molecule has 3 rings (SSSR count). The number of carbonyl (C=O) groups is 1. The summed E-state index contributed by atoms with van der Waals surface area (Å²) in [7, 11) is 1.98. The van der Waals surface area contributed by atoms with E-state index in [1.807, 2.05) is 11.9 Å². The van der Waals surface area contributed by atoms with E-state index in [1.54, 1.807) is 0 Å². The second kappa shape index (κ2) is 10.1. The zero-order valence-electron chi connectivity index (χ0n) is 14.3. The number of piperidine rings is 1. The number of rotatable bonds is 4. The Hall–Kier alpha value is -0.970. The van der Waals surface area contributed by atoms with Gasteiger partial charge in [-0.1, -0.05) is 18.2 Å². The fourth-order valence-electron chi connectivity index (χ4n) is 3.63. The van der Waals surface area contributed by atoms with E-state index < -0.39 is 0 Å². The van der Waals surface area contributed by atoms with Gasteiger partial charge in [-0.3, -0.25) is 4.79 Å². The van der Waals surface area contributed by atoms with Crippen molar-refractivity contribution >= 4 is 36.4 Å². The Kier molecular flexibility index (Phi) is 8.88. The van der Waals surface area contributed by atoms with E-state index in [2.05, 4.69) is 40.5 Å². The lowest BCUT2D eigenvalue weighted by molar-refractivity contribution is -0.132. The molecule has 0 bridgehead atoms. The zero-order chi connectivity index (χ0) is 15.4. The van der Waals surface area contributed by atoms with Gasteiger partial charge in [-0.15, -0.1) is 24.8 Å². The molecule has 24 heavy (non-hydrogen) atoms. The lowest BCUT2D eigenvalue weighted by atomic mass is 10.0. The molecule has 1 N–H and O–H groups in total. The number of likely N-dealkylation sites (N-methyl/N-ethyl adjacent to an activating group) is 1. The molecule has 1 aromatic carbocycles. The standard InChI is InChI=1S/C18H27N3O.2ClH/c1-20(18(22)13-15-7-5-11-19-15)17-10-6-12-21(14-17)16-8-3-2-4-9-16;;/h2-4,8-9,15,17,19H,5-7,10-14H2,1H3;2*1H. The van der Waals surface area contributed by atoms with Crippen LogP contribution in [0.2, 0.25) is 0 Å². The number of nitrogens with zero attached hydrogens (tertiary/aromatic N) is 2. The molecule has 0 radical (unpaired) electrons. The molecule has 2 fully saturated rings. The number of halogens is 2. The lowest BCUT2D eigenvalue weighted by Crippen LogP contribution is -2.49. The summed E-state index contributed by atoms with van der Waals surface area (Å²) in [5.41, 5.74) is 1.27. The summed E-state index contributed by atoms with van der Waals surface area (Å²) >= 11 is 0. The van der Waals surface area contributed by atoms with Crippen molar-refractivity contribution in [2.24, 2.45) is 0 Å². The highest BCUT2D eigenvalue weighted by Crippen LogP contribution is 2.22. The fraction of sp³-hybridized carbons (Fsp3) is 0.611. The molecule has 1 amide bonds. The molecule has 2 heterocycles. The van der Waals surface area contributed by atoms with Crippen LogP contribution in [0.3, 0.4) is 0 Å². The Bertz CT molecular complexity index is 494. The van der Waals surface area contributed by atoms with Crippen LogP contribution >= 0.6 is 24.8 Å². The Morgan fingerprint density at radius 2 is 1.96 bits per heavy atom. The molecule has 2 atom stereocenters. The fourth-order valence-corrected chi connectivity index (χ4v) is 3.63. The van der Waals surface area contributed by atoms with Crippen LogP contribution in [0, 0.1) is 0 Å². The van der Waals surface area contributed by atoms with Crippen LogP contribution in [0.4, 0.5) is 5.69 Å². The summed E-state index contributed by atoms with van der Waals surface area (Å²) in [5, 5.41) is 3.42. The number of hydrogen-bond donors (Lipinski definition) is 1. The van der Waals surface area contributed by atoms with E-state index in [1.165, 1.54) is 12.1 Å². The second-order valence-corrected chi connectivity index (χ2v) is 6.58. The predicted octanol–water partition coefficient (Wildman–Crippen LogP) is 3.10. The van der Waals surface area contributed by atoms with Gasteiger partial charge in [0.15, 0.2) is 0 Å². The first-order chi connectivity index (χ1) is 10.7. The molecule has 2 aliphatic rings. The van der Waals surface area contributed by atoms with Crippen molar-refractivity contribution in [1.82, 2.24) is 10.2 Å². The van der Waals surface area contributed by atoms with Crippen LogP contribution in [-0.2, 0) is 4.79 Å². The van der Waals surface area contributed by atoms with Crippen molar-refractivity contribution in [3.63, 3.8) is 0 Å². The Morgan fingerprint density at radius 1 is 1.21 bits per heavy atom. The Morgan fingerprint density at radius 3 is 2.62 bits per heavy atom. The highest BCUT2D eigenvalue weighted by Gasteiger charge is 2.28. The third-order valence-corrected chi connectivity index (χ3v) is 5.04.